The molecule has 5 rings (SSSR count). The maximum atomic E-state index is 3.88. The molecule has 1 aromatic heterocycles. The van der Waals surface area contributed by atoms with Crippen LogP contribution >= 0.6 is 0 Å². The number of para-hydroxylation sites is 1. The maximum Gasteiger partial charge on any atom is 0.0456 e. The van der Waals surface area contributed by atoms with Crippen molar-refractivity contribution < 1.29 is 0 Å². The summed E-state index contributed by atoms with van der Waals surface area (Å²) in [5.74, 6) is 1.58. The maximum absolute atomic E-state index is 3.88. The normalized spacial score (nSPS) is 30.2. The van der Waals surface area contributed by atoms with Gasteiger partial charge in [0.15, 0.2) is 0 Å². The fourth-order valence-electron chi connectivity index (χ4n) is 4.55. The van der Waals surface area contributed by atoms with Gasteiger partial charge in [0, 0.05) is 29.2 Å². The third-order valence-corrected chi connectivity index (χ3v) is 5.80. The predicted molar refractivity (Wildman–Crippen MR) is 93.0 cm³/mol. The zero-order chi connectivity index (χ0) is 15.0. The molecule has 3 atom stereocenters. The molecule has 0 saturated carbocycles. The molecule has 1 saturated heterocycles. The standard InChI is InChI=1S/C20H26N2/c1-2-5-17-12-15-8-10-20(17,22-13-15)11-9-16-14-21-19-7-4-3-6-18(16)19/h3-4,6-8,10,14-15,17,21-22H,2,5,9,11-13H2,1H3. The Bertz CT molecular complexity index is 684. The fraction of sp³-hybridized carbons (Fsp3) is 0.500. The third-order valence-electron chi connectivity index (χ3n) is 5.80. The lowest BCUT2D eigenvalue weighted by Gasteiger charge is -2.49. The summed E-state index contributed by atoms with van der Waals surface area (Å²) in [6.45, 7) is 3.49. The molecule has 2 nitrogen and oxygen atoms in total. The van der Waals surface area contributed by atoms with E-state index in [9.17, 15) is 0 Å². The number of hydrogen-bond acceptors (Lipinski definition) is 1. The summed E-state index contributed by atoms with van der Waals surface area (Å²) in [6, 6.07) is 8.65. The summed E-state index contributed by atoms with van der Waals surface area (Å²) in [7, 11) is 0. The van der Waals surface area contributed by atoms with Gasteiger partial charge in [0.05, 0.1) is 0 Å². The lowest BCUT2D eigenvalue weighted by Crippen LogP contribution is -2.58. The quantitative estimate of drug-likeness (QED) is 0.784. The summed E-state index contributed by atoms with van der Waals surface area (Å²) in [5, 5.41) is 5.27. The zero-order valence-electron chi connectivity index (χ0n) is 13.4. The van der Waals surface area contributed by atoms with Crippen molar-refractivity contribution in [3.8, 4) is 0 Å². The van der Waals surface area contributed by atoms with Crippen LogP contribution in [0.25, 0.3) is 10.9 Å². The minimum Gasteiger partial charge on any atom is -0.361 e. The number of rotatable bonds is 5. The van der Waals surface area contributed by atoms with Gasteiger partial charge in [0.1, 0.15) is 0 Å². The highest BCUT2D eigenvalue weighted by atomic mass is 15.0. The number of piperidine rings is 1. The van der Waals surface area contributed by atoms with E-state index in [1.165, 1.54) is 48.7 Å². The Morgan fingerprint density at radius 2 is 2.18 bits per heavy atom. The Kier molecular flexibility index (Phi) is 3.57. The molecule has 3 aliphatic rings. The Labute approximate surface area is 133 Å². The van der Waals surface area contributed by atoms with Gasteiger partial charge < -0.3 is 10.3 Å². The van der Waals surface area contributed by atoms with Gasteiger partial charge >= 0.3 is 0 Å². The van der Waals surface area contributed by atoms with E-state index >= 15 is 0 Å². The minimum atomic E-state index is 0.239. The van der Waals surface area contributed by atoms with Gasteiger partial charge in [-0.1, -0.05) is 43.7 Å². The number of aryl methyl sites for hydroxylation is 1. The van der Waals surface area contributed by atoms with Crippen molar-refractivity contribution in [2.45, 2.75) is 44.6 Å². The summed E-state index contributed by atoms with van der Waals surface area (Å²) < 4.78 is 0. The molecule has 116 valence electrons. The van der Waals surface area contributed by atoms with Gasteiger partial charge in [-0.15, -0.1) is 0 Å². The van der Waals surface area contributed by atoms with Gasteiger partial charge in [0.25, 0.3) is 0 Å². The molecule has 2 bridgehead atoms. The number of H-pyrrole nitrogens is 1. The van der Waals surface area contributed by atoms with E-state index in [0.717, 1.165) is 18.3 Å². The Morgan fingerprint density at radius 3 is 3.00 bits per heavy atom. The van der Waals surface area contributed by atoms with Gasteiger partial charge in [-0.05, 0) is 49.1 Å². The van der Waals surface area contributed by atoms with Gasteiger partial charge in [-0.2, -0.15) is 0 Å². The van der Waals surface area contributed by atoms with Crippen molar-refractivity contribution in [3.63, 3.8) is 0 Å². The summed E-state index contributed by atoms with van der Waals surface area (Å²) in [5.41, 5.74) is 2.96. The van der Waals surface area contributed by atoms with Gasteiger partial charge in [-0.25, -0.2) is 0 Å². The Balaban J connectivity index is 1.56. The first-order valence-electron chi connectivity index (χ1n) is 8.80. The highest BCUT2D eigenvalue weighted by molar-refractivity contribution is 5.83. The molecule has 2 heteroatoms. The molecule has 2 aromatic rings. The summed E-state index contributed by atoms with van der Waals surface area (Å²) in [4.78, 5) is 3.41. The molecule has 2 N–H and O–H groups in total. The van der Waals surface area contributed by atoms with E-state index in [1.807, 2.05) is 0 Å². The lowest BCUT2D eigenvalue weighted by atomic mass is 9.66. The average molecular weight is 294 g/mol. The molecule has 1 fully saturated rings. The number of benzene rings is 1. The second-order valence-electron chi connectivity index (χ2n) is 7.12. The number of aromatic nitrogens is 1. The van der Waals surface area contributed by atoms with E-state index in [2.05, 4.69) is 59.8 Å². The average Bonchev–Trinajstić information content (AvgIpc) is 2.98. The molecular weight excluding hydrogens is 268 g/mol. The molecule has 0 amide bonds. The zero-order valence-corrected chi connectivity index (χ0v) is 13.4. The van der Waals surface area contributed by atoms with Crippen LogP contribution in [-0.2, 0) is 6.42 Å². The van der Waals surface area contributed by atoms with E-state index in [0.29, 0.717) is 0 Å². The van der Waals surface area contributed by atoms with E-state index in [4.69, 9.17) is 0 Å². The van der Waals surface area contributed by atoms with E-state index in [-0.39, 0.29) is 5.54 Å². The Hall–Kier alpha value is -1.54. The largest absolute Gasteiger partial charge is 0.361 e. The summed E-state index contributed by atoms with van der Waals surface area (Å²) in [6.07, 6.45) is 13.6. The van der Waals surface area contributed by atoms with Crippen LogP contribution in [0.15, 0.2) is 42.6 Å². The van der Waals surface area contributed by atoms with Crippen LogP contribution in [0.3, 0.4) is 0 Å². The van der Waals surface area contributed by atoms with Gasteiger partial charge in [-0.3, -0.25) is 0 Å². The van der Waals surface area contributed by atoms with Crippen molar-refractivity contribution in [3.05, 3.63) is 48.2 Å². The molecule has 1 aromatic carbocycles. The third kappa shape index (κ3) is 2.30. The monoisotopic (exact) mass is 294 g/mol. The molecule has 22 heavy (non-hydrogen) atoms. The van der Waals surface area contributed by atoms with Crippen LogP contribution in [0.4, 0.5) is 0 Å². The molecule has 0 spiro atoms. The number of hydrogen-bond donors (Lipinski definition) is 2. The molecule has 2 aliphatic heterocycles. The van der Waals surface area contributed by atoms with Crippen LogP contribution in [-0.4, -0.2) is 17.1 Å². The first-order valence-corrected chi connectivity index (χ1v) is 8.80. The topological polar surface area (TPSA) is 27.8 Å². The molecule has 3 unspecified atom stereocenters. The van der Waals surface area contributed by atoms with Crippen molar-refractivity contribution in [2.75, 3.05) is 6.54 Å². The first kappa shape index (κ1) is 14.1. The molecule has 0 radical (unpaired) electrons. The second kappa shape index (κ2) is 5.58. The number of aromatic amines is 1. The molecular formula is C20H26N2. The van der Waals surface area contributed by atoms with E-state index in [1.54, 1.807) is 0 Å². The van der Waals surface area contributed by atoms with Crippen LogP contribution < -0.4 is 5.32 Å². The second-order valence-corrected chi connectivity index (χ2v) is 7.12. The van der Waals surface area contributed by atoms with Crippen LogP contribution in [0.2, 0.25) is 0 Å². The fourth-order valence-corrected chi connectivity index (χ4v) is 4.55. The molecule has 1 aliphatic carbocycles. The van der Waals surface area contributed by atoms with Crippen LogP contribution in [0.1, 0.15) is 38.2 Å². The lowest BCUT2D eigenvalue weighted by molar-refractivity contribution is 0.139. The first-order chi connectivity index (χ1) is 10.8. The molecule has 3 heterocycles. The van der Waals surface area contributed by atoms with Crippen molar-refractivity contribution in [1.82, 2.24) is 10.3 Å². The number of fused-ring (bicyclic) bond motifs is 3. The Morgan fingerprint density at radius 1 is 1.27 bits per heavy atom. The van der Waals surface area contributed by atoms with Crippen LogP contribution in [0, 0.1) is 11.8 Å². The summed E-state index contributed by atoms with van der Waals surface area (Å²) >= 11 is 0. The van der Waals surface area contributed by atoms with Crippen molar-refractivity contribution in [1.29, 1.82) is 0 Å². The SMILES string of the molecule is CCCC1CC2C=CC1(CCc1c[nH]c3ccccc13)NC2. The van der Waals surface area contributed by atoms with E-state index < -0.39 is 0 Å². The smallest absolute Gasteiger partial charge is 0.0456 e. The van der Waals surface area contributed by atoms with Crippen molar-refractivity contribution >= 4 is 10.9 Å². The minimum absolute atomic E-state index is 0.239. The van der Waals surface area contributed by atoms with Crippen molar-refractivity contribution in [2.24, 2.45) is 11.8 Å². The van der Waals surface area contributed by atoms with Crippen LogP contribution in [0.5, 0.6) is 0 Å². The van der Waals surface area contributed by atoms with Gasteiger partial charge in [0.2, 0.25) is 0 Å². The highest BCUT2D eigenvalue weighted by Crippen LogP contribution is 2.42. The predicted octanol–water partition coefficient (Wildman–Crippen LogP) is 4.43. The number of nitrogens with one attached hydrogen (secondary N) is 2. The highest BCUT2D eigenvalue weighted by Gasteiger charge is 2.43.